The van der Waals surface area contributed by atoms with Crippen molar-refractivity contribution in [3.05, 3.63) is 88.4 Å². The van der Waals surface area contributed by atoms with Crippen LogP contribution in [0.25, 0.3) is 21.8 Å². The lowest BCUT2D eigenvalue weighted by Gasteiger charge is -2.43. The van der Waals surface area contributed by atoms with Crippen molar-refractivity contribution in [2.75, 3.05) is 59.4 Å². The molecule has 5 heterocycles. The van der Waals surface area contributed by atoms with Crippen molar-refractivity contribution in [2.45, 2.75) is 76.6 Å². The van der Waals surface area contributed by atoms with E-state index >= 15 is 0 Å². The molecule has 13 heteroatoms. The van der Waals surface area contributed by atoms with E-state index in [2.05, 4.69) is 45.0 Å². The standard InChI is InChI=1S/C42H54N8O5/c1-4-5-10-38(51)55-28-50-37-9-7-6-8-32(37)26-35(40(50)52)31-11-17-49(18-12-31)42(54)44-36(25-30-23-29(2)39-33(24-30)27-43-45-39)41(53)48-21-19-47(20-22-48)34-13-15-46(3)16-14-34/h4,6-9,23-24,26-27,31,34,36H,1,5,10-22,25,28H2,2-3H3,(H,43,45)(H,44,54)/t36-/m1/s1. The number of amides is 3. The summed E-state index contributed by atoms with van der Waals surface area (Å²) in [4.78, 5) is 63.0. The maximum absolute atomic E-state index is 14.3. The van der Waals surface area contributed by atoms with Crippen LogP contribution in [0.3, 0.4) is 0 Å². The lowest BCUT2D eigenvalue weighted by molar-refractivity contribution is -0.147. The zero-order chi connectivity index (χ0) is 38.5. The van der Waals surface area contributed by atoms with Crippen LogP contribution in [0, 0.1) is 6.92 Å². The molecule has 13 nitrogen and oxygen atoms in total. The molecule has 0 radical (unpaired) electrons. The van der Waals surface area contributed by atoms with E-state index in [1.165, 1.54) is 4.57 Å². The molecular weight excluding hydrogens is 697 g/mol. The molecule has 3 amide bonds. The van der Waals surface area contributed by atoms with Crippen LogP contribution < -0.4 is 10.9 Å². The number of allylic oxidation sites excluding steroid dienone is 1. The van der Waals surface area contributed by atoms with Gasteiger partial charge in [-0.05, 0) is 99.8 Å². The molecular formula is C42H54N8O5. The van der Waals surface area contributed by atoms with Gasteiger partial charge in [-0.25, -0.2) is 4.79 Å². The number of para-hydroxylation sites is 1. The zero-order valence-electron chi connectivity index (χ0n) is 32.2. The molecule has 3 saturated heterocycles. The van der Waals surface area contributed by atoms with E-state index in [0.717, 1.165) is 66.4 Å². The summed E-state index contributed by atoms with van der Waals surface area (Å²) in [6.07, 6.45) is 8.01. The third-order valence-corrected chi connectivity index (χ3v) is 11.8. The second-order valence-corrected chi connectivity index (χ2v) is 15.5. The molecule has 0 aliphatic carbocycles. The van der Waals surface area contributed by atoms with Crippen LogP contribution in [0.4, 0.5) is 4.79 Å². The first kappa shape index (κ1) is 38.3. The van der Waals surface area contributed by atoms with E-state index in [0.29, 0.717) is 69.0 Å². The van der Waals surface area contributed by atoms with Gasteiger partial charge in [0.05, 0.1) is 17.2 Å². The molecule has 0 bridgehead atoms. The molecule has 7 rings (SSSR count). The fraction of sp³-hybridized carbons (Fsp3) is 0.500. The molecule has 0 unspecified atom stereocenters. The number of likely N-dealkylation sites (tertiary alicyclic amines) is 2. The zero-order valence-corrected chi connectivity index (χ0v) is 32.2. The number of carbonyl (C=O) groups is 3. The number of piperidine rings is 2. The molecule has 1 atom stereocenters. The Hall–Kier alpha value is -5.01. The Balaban J connectivity index is 1.03. The minimum absolute atomic E-state index is 0.0573. The summed E-state index contributed by atoms with van der Waals surface area (Å²) >= 11 is 0. The number of hydrogen-bond acceptors (Lipinski definition) is 8. The molecule has 3 fully saturated rings. The predicted octanol–water partition coefficient (Wildman–Crippen LogP) is 4.39. The van der Waals surface area contributed by atoms with Crippen LogP contribution in [0.2, 0.25) is 0 Å². The number of nitrogens with zero attached hydrogens (tertiary/aromatic N) is 6. The van der Waals surface area contributed by atoms with Crippen molar-refractivity contribution in [2.24, 2.45) is 0 Å². The van der Waals surface area contributed by atoms with Crippen molar-refractivity contribution in [3.8, 4) is 0 Å². The number of ether oxygens (including phenoxy) is 1. The van der Waals surface area contributed by atoms with Gasteiger partial charge in [0.1, 0.15) is 6.04 Å². The first-order valence-electron chi connectivity index (χ1n) is 19.8. The van der Waals surface area contributed by atoms with Gasteiger partial charge in [-0.2, -0.15) is 5.10 Å². The Bertz CT molecular complexity index is 2070. The molecule has 0 saturated carbocycles. The highest BCUT2D eigenvalue weighted by Gasteiger charge is 2.34. The number of aromatic nitrogens is 3. The first-order valence-corrected chi connectivity index (χ1v) is 19.8. The van der Waals surface area contributed by atoms with Gasteiger partial charge in [0.2, 0.25) is 5.91 Å². The molecule has 3 aliphatic rings. The topological polar surface area (TPSA) is 136 Å². The monoisotopic (exact) mass is 750 g/mol. The number of piperazine rings is 1. The number of rotatable bonds is 11. The number of aromatic amines is 1. The Morgan fingerprint density at radius 2 is 1.71 bits per heavy atom. The summed E-state index contributed by atoms with van der Waals surface area (Å²) in [6.45, 7) is 11.5. The van der Waals surface area contributed by atoms with Crippen LogP contribution in [0.5, 0.6) is 0 Å². The quantitative estimate of drug-likeness (QED) is 0.170. The Kier molecular flexibility index (Phi) is 12.0. The third kappa shape index (κ3) is 8.78. The number of pyridine rings is 1. The molecule has 2 N–H and O–H groups in total. The molecule has 2 aromatic carbocycles. The van der Waals surface area contributed by atoms with Gasteiger partial charge in [0.25, 0.3) is 5.56 Å². The van der Waals surface area contributed by atoms with E-state index in [4.69, 9.17) is 4.74 Å². The van der Waals surface area contributed by atoms with Gasteiger partial charge in [-0.3, -0.25) is 28.9 Å². The summed E-state index contributed by atoms with van der Waals surface area (Å²) in [7, 11) is 2.17. The largest absolute Gasteiger partial charge is 0.444 e. The Morgan fingerprint density at radius 3 is 2.45 bits per heavy atom. The Labute approximate surface area is 322 Å². The van der Waals surface area contributed by atoms with Crippen LogP contribution >= 0.6 is 0 Å². The molecule has 3 aliphatic heterocycles. The van der Waals surface area contributed by atoms with Crippen LogP contribution in [0.1, 0.15) is 61.1 Å². The van der Waals surface area contributed by atoms with E-state index < -0.39 is 6.04 Å². The molecule has 2 aromatic heterocycles. The molecule has 4 aromatic rings. The SMILES string of the molecule is C=CCCC(=O)OCn1c(=O)c(C2CCN(C(=O)N[C@H](Cc3cc(C)c4[nH]ncc4c3)C(=O)N3CCN(C4CCN(C)CC4)CC3)CC2)cc2ccccc21. The summed E-state index contributed by atoms with van der Waals surface area (Å²) in [5.74, 6) is -0.519. The van der Waals surface area contributed by atoms with Crippen molar-refractivity contribution in [3.63, 3.8) is 0 Å². The molecule has 292 valence electrons. The number of esters is 1. The van der Waals surface area contributed by atoms with Gasteiger partial charge in [-0.1, -0.05) is 30.3 Å². The number of carbonyl (C=O) groups excluding carboxylic acids is 3. The predicted molar refractivity (Wildman–Crippen MR) is 213 cm³/mol. The lowest BCUT2D eigenvalue weighted by atomic mass is 9.89. The highest BCUT2D eigenvalue weighted by molar-refractivity contribution is 5.88. The molecule has 55 heavy (non-hydrogen) atoms. The van der Waals surface area contributed by atoms with Crippen LogP contribution in [0.15, 0.2) is 66.1 Å². The lowest BCUT2D eigenvalue weighted by Crippen LogP contribution is -2.59. The fourth-order valence-corrected chi connectivity index (χ4v) is 8.59. The second-order valence-electron chi connectivity index (χ2n) is 15.5. The van der Waals surface area contributed by atoms with Gasteiger partial charge in [0, 0.05) is 69.1 Å². The van der Waals surface area contributed by atoms with Crippen LogP contribution in [-0.2, 0) is 27.5 Å². The van der Waals surface area contributed by atoms with E-state index in [9.17, 15) is 19.2 Å². The number of hydrogen-bond donors (Lipinski definition) is 2. The number of fused-ring (bicyclic) bond motifs is 2. The average molecular weight is 751 g/mol. The Morgan fingerprint density at radius 1 is 0.964 bits per heavy atom. The number of urea groups is 1. The van der Waals surface area contributed by atoms with Gasteiger partial charge < -0.3 is 24.8 Å². The maximum atomic E-state index is 14.3. The van der Waals surface area contributed by atoms with Crippen molar-refractivity contribution >= 4 is 39.7 Å². The number of nitrogens with one attached hydrogen (secondary N) is 2. The second kappa shape index (κ2) is 17.2. The minimum atomic E-state index is -0.731. The normalized spacial score (nSPS) is 18.4. The smallest absolute Gasteiger partial charge is 0.318 e. The minimum Gasteiger partial charge on any atom is -0.444 e. The highest BCUT2D eigenvalue weighted by atomic mass is 16.5. The summed E-state index contributed by atoms with van der Waals surface area (Å²) in [5.41, 5.74) is 4.13. The van der Waals surface area contributed by atoms with Gasteiger partial charge in [0.15, 0.2) is 6.73 Å². The summed E-state index contributed by atoms with van der Waals surface area (Å²) in [5, 5.41) is 12.3. The van der Waals surface area contributed by atoms with E-state index in [1.807, 2.05) is 48.2 Å². The summed E-state index contributed by atoms with van der Waals surface area (Å²) < 4.78 is 7.02. The number of aryl methyl sites for hydroxylation is 1. The van der Waals surface area contributed by atoms with E-state index in [-0.39, 0.29) is 42.5 Å². The van der Waals surface area contributed by atoms with Crippen molar-refractivity contribution < 1.29 is 19.1 Å². The van der Waals surface area contributed by atoms with Crippen molar-refractivity contribution in [1.29, 1.82) is 0 Å². The van der Waals surface area contributed by atoms with E-state index in [1.54, 1.807) is 17.2 Å². The summed E-state index contributed by atoms with van der Waals surface area (Å²) in [6, 6.07) is 13.2. The van der Waals surface area contributed by atoms with Crippen molar-refractivity contribution in [1.82, 2.24) is 39.7 Å². The average Bonchev–Trinajstić information content (AvgIpc) is 3.69. The first-order chi connectivity index (χ1) is 26.7. The maximum Gasteiger partial charge on any atom is 0.318 e. The highest BCUT2D eigenvalue weighted by Crippen LogP contribution is 2.29. The van der Waals surface area contributed by atoms with Gasteiger partial charge in [-0.15, -0.1) is 6.58 Å². The molecule has 0 spiro atoms. The van der Waals surface area contributed by atoms with Gasteiger partial charge >= 0.3 is 12.0 Å². The fourth-order valence-electron chi connectivity index (χ4n) is 8.59. The number of benzene rings is 2. The number of H-pyrrole nitrogens is 1. The third-order valence-electron chi connectivity index (χ3n) is 11.8. The van der Waals surface area contributed by atoms with Crippen LogP contribution in [-0.4, -0.2) is 124 Å².